The summed E-state index contributed by atoms with van der Waals surface area (Å²) in [5.74, 6) is -0.285. The molecule has 170 valence electrons. The van der Waals surface area contributed by atoms with Crippen LogP contribution in [-0.2, 0) is 30.4 Å². The first-order valence-electron chi connectivity index (χ1n) is 10.3. The van der Waals surface area contributed by atoms with Crippen LogP contribution in [0.25, 0.3) is 10.2 Å². The van der Waals surface area contributed by atoms with Crippen LogP contribution < -0.4 is 10.9 Å². The van der Waals surface area contributed by atoms with Gasteiger partial charge in [-0.05, 0) is 48.3 Å². The summed E-state index contributed by atoms with van der Waals surface area (Å²) in [4.78, 5) is 27.1. The van der Waals surface area contributed by atoms with E-state index < -0.39 is 29.8 Å². The summed E-state index contributed by atoms with van der Waals surface area (Å²) in [6.07, 6.45) is -2.03. The van der Waals surface area contributed by atoms with Gasteiger partial charge in [-0.2, -0.15) is 13.2 Å². The summed E-state index contributed by atoms with van der Waals surface area (Å²) in [6, 6.07) is 4.69. The van der Waals surface area contributed by atoms with Gasteiger partial charge in [0.25, 0.3) is 5.56 Å². The van der Waals surface area contributed by atoms with Crippen LogP contribution in [0.3, 0.4) is 0 Å². The van der Waals surface area contributed by atoms with E-state index in [1.165, 1.54) is 29.5 Å². The molecule has 1 aromatic carbocycles. The number of nitrogens with zero attached hydrogens (tertiary/aromatic N) is 3. The van der Waals surface area contributed by atoms with Crippen LogP contribution in [0.4, 0.5) is 18.9 Å². The highest BCUT2D eigenvalue weighted by molar-refractivity contribution is 7.18. The average molecular weight is 465 g/mol. The highest BCUT2D eigenvalue weighted by atomic mass is 32.1. The van der Waals surface area contributed by atoms with Crippen molar-refractivity contribution in [3.63, 3.8) is 0 Å². The number of hydrogen-bond acceptors (Lipinski definition) is 5. The average Bonchev–Trinajstić information content (AvgIpc) is 3.07. The van der Waals surface area contributed by atoms with Crippen molar-refractivity contribution in [2.45, 2.75) is 52.8 Å². The number of aromatic nitrogens is 3. The molecule has 2 aromatic heterocycles. The number of anilines is 1. The Morgan fingerprint density at radius 1 is 1.25 bits per heavy atom. The summed E-state index contributed by atoms with van der Waals surface area (Å²) in [5.41, 5.74) is -0.649. The molecule has 1 atom stereocenters. The molecule has 1 amide bonds. The fraction of sp³-hybridized carbons (Fsp3) is 0.455. The molecular formula is C22H23F3N4O2S. The first-order valence-corrected chi connectivity index (χ1v) is 11.1. The zero-order chi connectivity index (χ0) is 23.3. The number of thiophene rings is 1. The lowest BCUT2D eigenvalue weighted by Crippen LogP contribution is -2.31. The molecule has 6 nitrogen and oxygen atoms in total. The van der Waals surface area contributed by atoms with E-state index in [2.05, 4.69) is 36.4 Å². The lowest BCUT2D eigenvalue weighted by Gasteiger charge is -2.33. The molecule has 0 saturated heterocycles. The Hall–Kier alpha value is -2.75. The van der Waals surface area contributed by atoms with Crippen LogP contribution in [0, 0.1) is 11.3 Å². The predicted octanol–water partition coefficient (Wildman–Crippen LogP) is 4.66. The van der Waals surface area contributed by atoms with Gasteiger partial charge in [0.2, 0.25) is 5.91 Å². The first kappa shape index (κ1) is 22.4. The van der Waals surface area contributed by atoms with Crippen LogP contribution in [0.2, 0.25) is 0 Å². The van der Waals surface area contributed by atoms with E-state index in [9.17, 15) is 22.8 Å². The van der Waals surface area contributed by atoms with Crippen molar-refractivity contribution in [3.8, 4) is 0 Å². The van der Waals surface area contributed by atoms with Crippen LogP contribution >= 0.6 is 11.3 Å². The topological polar surface area (TPSA) is 76.9 Å². The second-order valence-corrected chi connectivity index (χ2v) is 10.2. The highest BCUT2D eigenvalue weighted by Crippen LogP contribution is 2.41. The molecule has 0 aliphatic heterocycles. The quantitative estimate of drug-likeness (QED) is 0.612. The Kier molecular flexibility index (Phi) is 5.60. The number of fused-ring (bicyclic) bond motifs is 3. The van der Waals surface area contributed by atoms with E-state index in [0.29, 0.717) is 16.1 Å². The molecule has 10 heteroatoms. The molecule has 1 unspecified atom stereocenters. The van der Waals surface area contributed by atoms with Crippen molar-refractivity contribution in [3.05, 3.63) is 50.6 Å². The molecule has 2 heterocycles. The molecule has 0 spiro atoms. The van der Waals surface area contributed by atoms with E-state index in [1.807, 2.05) is 0 Å². The maximum atomic E-state index is 13.2. The molecular weight excluding hydrogens is 441 g/mol. The molecule has 0 saturated carbocycles. The smallest absolute Gasteiger partial charge is 0.324 e. The van der Waals surface area contributed by atoms with Crippen molar-refractivity contribution in [1.82, 2.24) is 15.0 Å². The number of aryl methyl sites for hydroxylation is 1. The van der Waals surface area contributed by atoms with Gasteiger partial charge in [0.1, 0.15) is 6.54 Å². The normalized spacial score (nSPS) is 16.8. The molecule has 1 aliphatic carbocycles. The van der Waals surface area contributed by atoms with E-state index >= 15 is 0 Å². The van der Waals surface area contributed by atoms with Gasteiger partial charge in [-0.3, -0.25) is 9.59 Å². The Labute approximate surface area is 186 Å². The summed E-state index contributed by atoms with van der Waals surface area (Å²) in [6.45, 7) is 6.10. The Bertz CT molecular complexity index is 1240. The van der Waals surface area contributed by atoms with Gasteiger partial charge in [0.15, 0.2) is 4.83 Å². The van der Waals surface area contributed by atoms with Crippen LogP contribution in [-0.4, -0.2) is 20.9 Å². The summed E-state index contributed by atoms with van der Waals surface area (Å²) in [7, 11) is 0. The Morgan fingerprint density at radius 2 is 1.97 bits per heavy atom. The Balaban J connectivity index is 1.60. The van der Waals surface area contributed by atoms with Gasteiger partial charge in [-0.15, -0.1) is 16.4 Å². The largest absolute Gasteiger partial charge is 0.418 e. The standard InChI is InChI=1S/C22H23F3N4O2S/c1-21(2,3)12-8-9-13-16(10-12)32-19-18(13)20(31)29(28-27-19)11-17(30)26-15-7-5-4-6-14(15)22(23,24)25/h4-7,12H,8-11H2,1-3H3,(H,26,30). The molecule has 32 heavy (non-hydrogen) atoms. The maximum Gasteiger partial charge on any atom is 0.418 e. The van der Waals surface area contributed by atoms with Crippen molar-refractivity contribution in [2.24, 2.45) is 11.3 Å². The van der Waals surface area contributed by atoms with Crippen LogP contribution in [0.15, 0.2) is 29.1 Å². The molecule has 0 bridgehead atoms. The maximum absolute atomic E-state index is 13.2. The van der Waals surface area contributed by atoms with E-state index in [0.717, 1.165) is 40.5 Å². The monoisotopic (exact) mass is 464 g/mol. The number of hydrogen-bond donors (Lipinski definition) is 1. The number of halogens is 3. The lowest BCUT2D eigenvalue weighted by molar-refractivity contribution is -0.137. The van der Waals surface area contributed by atoms with Gasteiger partial charge in [0, 0.05) is 4.88 Å². The van der Waals surface area contributed by atoms with Gasteiger partial charge >= 0.3 is 6.18 Å². The number of carbonyl (C=O) groups excluding carboxylic acids is 1. The number of rotatable bonds is 3. The minimum Gasteiger partial charge on any atom is -0.324 e. The highest BCUT2D eigenvalue weighted by Gasteiger charge is 2.34. The third-order valence-electron chi connectivity index (χ3n) is 5.96. The molecule has 0 fully saturated rings. The van der Waals surface area contributed by atoms with E-state index in [-0.39, 0.29) is 11.1 Å². The van der Waals surface area contributed by atoms with Crippen LogP contribution in [0.1, 0.15) is 43.2 Å². The number of carbonyl (C=O) groups is 1. The molecule has 1 aliphatic rings. The first-order chi connectivity index (χ1) is 14.9. The van der Waals surface area contributed by atoms with Crippen molar-refractivity contribution in [2.75, 3.05) is 5.32 Å². The minimum atomic E-state index is -4.61. The summed E-state index contributed by atoms with van der Waals surface area (Å²) < 4.78 is 40.4. The van der Waals surface area contributed by atoms with Gasteiger partial charge in [-0.25, -0.2) is 4.68 Å². The zero-order valence-corrected chi connectivity index (χ0v) is 18.7. The molecule has 4 rings (SSSR count). The van der Waals surface area contributed by atoms with Crippen molar-refractivity contribution in [1.29, 1.82) is 0 Å². The van der Waals surface area contributed by atoms with E-state index in [1.54, 1.807) is 0 Å². The lowest BCUT2D eigenvalue weighted by atomic mass is 9.72. The van der Waals surface area contributed by atoms with Crippen molar-refractivity contribution >= 4 is 33.1 Å². The van der Waals surface area contributed by atoms with Gasteiger partial charge in [-0.1, -0.05) is 38.1 Å². The van der Waals surface area contributed by atoms with Gasteiger partial charge in [0.05, 0.1) is 16.6 Å². The molecule has 0 radical (unpaired) electrons. The van der Waals surface area contributed by atoms with E-state index in [4.69, 9.17) is 0 Å². The minimum absolute atomic E-state index is 0.157. The van der Waals surface area contributed by atoms with Crippen molar-refractivity contribution < 1.29 is 18.0 Å². The number of nitrogens with one attached hydrogen (secondary N) is 1. The Morgan fingerprint density at radius 3 is 2.66 bits per heavy atom. The zero-order valence-electron chi connectivity index (χ0n) is 17.9. The predicted molar refractivity (Wildman–Crippen MR) is 117 cm³/mol. The fourth-order valence-electron chi connectivity index (χ4n) is 4.13. The van der Waals surface area contributed by atoms with Crippen LogP contribution in [0.5, 0.6) is 0 Å². The number of para-hydroxylation sites is 1. The number of benzene rings is 1. The second-order valence-electron chi connectivity index (χ2n) is 9.13. The summed E-state index contributed by atoms with van der Waals surface area (Å²) in [5, 5.41) is 10.7. The molecule has 1 N–H and O–H groups in total. The SMILES string of the molecule is CC(C)(C)C1CCc2c(sc3nnn(CC(=O)Nc4ccccc4C(F)(F)F)c(=O)c23)C1. The summed E-state index contributed by atoms with van der Waals surface area (Å²) >= 11 is 1.46. The third kappa shape index (κ3) is 4.28. The molecule has 3 aromatic rings. The number of amides is 1. The third-order valence-corrected chi connectivity index (χ3v) is 7.10. The fourth-order valence-corrected chi connectivity index (χ4v) is 5.37. The van der Waals surface area contributed by atoms with Gasteiger partial charge < -0.3 is 5.32 Å². The second kappa shape index (κ2) is 7.99. The number of alkyl halides is 3.